The zero-order valence-electron chi connectivity index (χ0n) is 18.2. The highest BCUT2D eigenvalue weighted by Gasteiger charge is 2.32. The lowest BCUT2D eigenvalue weighted by Gasteiger charge is -2.37. The van der Waals surface area contributed by atoms with Crippen LogP contribution in [0.5, 0.6) is 0 Å². The van der Waals surface area contributed by atoms with E-state index in [-0.39, 0.29) is 22.4 Å². The molecule has 0 saturated carbocycles. The molecule has 2 atom stereocenters. The predicted molar refractivity (Wildman–Crippen MR) is 114 cm³/mol. The number of sulfonamides is 1. The Bertz CT molecular complexity index is 851. The summed E-state index contributed by atoms with van der Waals surface area (Å²) in [5, 5.41) is 2.82. The number of nitrogens with zero attached hydrogens (tertiary/aromatic N) is 2. The molecule has 2 heterocycles. The van der Waals surface area contributed by atoms with Crippen molar-refractivity contribution in [2.45, 2.75) is 31.2 Å². The minimum atomic E-state index is -3.79. The van der Waals surface area contributed by atoms with Crippen LogP contribution in [0.25, 0.3) is 0 Å². The van der Waals surface area contributed by atoms with Gasteiger partial charge in [0, 0.05) is 51.3 Å². The van der Waals surface area contributed by atoms with E-state index < -0.39 is 21.7 Å². The highest BCUT2D eigenvalue weighted by Crippen LogP contribution is 2.23. The van der Waals surface area contributed by atoms with Crippen molar-refractivity contribution in [3.8, 4) is 0 Å². The zero-order chi connectivity index (χ0) is 22.4. The second-order valence-electron chi connectivity index (χ2n) is 7.78. The third kappa shape index (κ3) is 5.61. The lowest BCUT2D eigenvalue weighted by Crippen LogP contribution is -2.52. The fourth-order valence-electron chi connectivity index (χ4n) is 4.20. The van der Waals surface area contributed by atoms with E-state index in [1.807, 2.05) is 0 Å². The molecular formula is C21H32FN3O5S. The predicted octanol–water partition coefficient (Wildman–Crippen LogP) is 1.32. The Hall–Kier alpha value is -1.59. The van der Waals surface area contributed by atoms with Crippen molar-refractivity contribution < 1.29 is 27.1 Å². The van der Waals surface area contributed by atoms with E-state index in [9.17, 15) is 17.6 Å². The van der Waals surface area contributed by atoms with Gasteiger partial charge in [-0.2, -0.15) is 4.31 Å². The molecule has 3 rings (SSSR count). The molecule has 1 aromatic rings. The number of carbonyl (C=O) groups is 1. The third-order valence-electron chi connectivity index (χ3n) is 6.02. The molecule has 2 fully saturated rings. The van der Waals surface area contributed by atoms with E-state index >= 15 is 0 Å². The summed E-state index contributed by atoms with van der Waals surface area (Å²) in [5.41, 5.74) is -0.267. The molecule has 0 bridgehead atoms. The average molecular weight is 458 g/mol. The summed E-state index contributed by atoms with van der Waals surface area (Å²) >= 11 is 0. The van der Waals surface area contributed by atoms with Crippen LogP contribution in [0.1, 0.15) is 30.6 Å². The molecular weight excluding hydrogens is 425 g/mol. The molecule has 0 aliphatic carbocycles. The van der Waals surface area contributed by atoms with Crippen molar-refractivity contribution in [1.82, 2.24) is 14.5 Å². The molecule has 2 unspecified atom stereocenters. The molecule has 1 N–H and O–H groups in total. The highest BCUT2D eigenvalue weighted by atomic mass is 32.2. The monoisotopic (exact) mass is 457 g/mol. The number of morpholine rings is 1. The summed E-state index contributed by atoms with van der Waals surface area (Å²) < 4.78 is 52.2. The van der Waals surface area contributed by atoms with Gasteiger partial charge in [0.25, 0.3) is 5.91 Å². The smallest absolute Gasteiger partial charge is 0.254 e. The van der Waals surface area contributed by atoms with Crippen LogP contribution in [-0.2, 0) is 19.5 Å². The van der Waals surface area contributed by atoms with Crippen molar-refractivity contribution in [1.29, 1.82) is 0 Å². The van der Waals surface area contributed by atoms with Gasteiger partial charge in [-0.05, 0) is 24.6 Å². The fourth-order valence-corrected chi connectivity index (χ4v) is 5.69. The summed E-state index contributed by atoms with van der Waals surface area (Å²) in [6.45, 7) is 8.52. The van der Waals surface area contributed by atoms with Crippen LogP contribution >= 0.6 is 0 Å². The van der Waals surface area contributed by atoms with Crippen molar-refractivity contribution in [3.63, 3.8) is 0 Å². The van der Waals surface area contributed by atoms with Crippen LogP contribution in [0.3, 0.4) is 0 Å². The van der Waals surface area contributed by atoms with Crippen LogP contribution in [-0.4, -0.2) is 88.7 Å². The van der Waals surface area contributed by atoms with E-state index in [0.29, 0.717) is 46.1 Å². The van der Waals surface area contributed by atoms with Crippen molar-refractivity contribution in [2.24, 2.45) is 5.92 Å². The van der Waals surface area contributed by atoms with Gasteiger partial charge in [-0.25, -0.2) is 12.8 Å². The zero-order valence-corrected chi connectivity index (χ0v) is 19.0. The molecule has 2 aliphatic heterocycles. The number of halogens is 1. The first-order chi connectivity index (χ1) is 14.9. The number of amides is 1. The van der Waals surface area contributed by atoms with Gasteiger partial charge >= 0.3 is 0 Å². The van der Waals surface area contributed by atoms with Crippen molar-refractivity contribution >= 4 is 15.9 Å². The normalized spacial score (nSPS) is 21.4. The van der Waals surface area contributed by atoms with Crippen molar-refractivity contribution in [2.75, 3.05) is 59.2 Å². The van der Waals surface area contributed by atoms with E-state index in [2.05, 4.69) is 10.2 Å². The summed E-state index contributed by atoms with van der Waals surface area (Å²) in [6.07, 6.45) is 0.907. The van der Waals surface area contributed by atoms with Gasteiger partial charge in [0.1, 0.15) is 5.82 Å². The Kier molecular flexibility index (Phi) is 8.40. The standard InChI is InChI=1S/C21H32FN3O5S/c1-3-25(4-2)31(27,28)17-5-6-19(22)18(13-17)21(26)23-14-20(16-7-10-30-15-16)24-8-11-29-12-9-24/h5-6,13,16,20H,3-4,7-12,14-15H2,1-2H3,(H,23,26). The molecule has 174 valence electrons. The highest BCUT2D eigenvalue weighted by molar-refractivity contribution is 7.89. The van der Waals surface area contributed by atoms with Gasteiger partial charge in [0.05, 0.1) is 30.3 Å². The Labute approximate surface area is 183 Å². The molecule has 0 aromatic heterocycles. The Morgan fingerprint density at radius 1 is 1.23 bits per heavy atom. The number of nitrogens with one attached hydrogen (secondary N) is 1. The first-order valence-corrected chi connectivity index (χ1v) is 12.3. The molecule has 2 aliphatic rings. The minimum absolute atomic E-state index is 0.0565. The lowest BCUT2D eigenvalue weighted by atomic mass is 9.96. The van der Waals surface area contributed by atoms with Gasteiger partial charge in [-0.15, -0.1) is 0 Å². The maximum Gasteiger partial charge on any atom is 0.254 e. The molecule has 8 nitrogen and oxygen atoms in total. The molecule has 0 radical (unpaired) electrons. The Morgan fingerprint density at radius 3 is 2.55 bits per heavy atom. The maximum absolute atomic E-state index is 14.4. The van der Waals surface area contributed by atoms with E-state index in [1.54, 1.807) is 13.8 Å². The largest absolute Gasteiger partial charge is 0.381 e. The topological polar surface area (TPSA) is 88.2 Å². The molecule has 10 heteroatoms. The second-order valence-corrected chi connectivity index (χ2v) is 9.72. The number of benzene rings is 1. The molecule has 2 saturated heterocycles. The van der Waals surface area contributed by atoms with Crippen LogP contribution in [0.4, 0.5) is 4.39 Å². The van der Waals surface area contributed by atoms with E-state index in [1.165, 1.54) is 10.4 Å². The van der Waals surface area contributed by atoms with Gasteiger partial charge in [0.2, 0.25) is 10.0 Å². The second kappa shape index (κ2) is 10.8. The summed E-state index contributed by atoms with van der Waals surface area (Å²) in [4.78, 5) is 15.0. The van der Waals surface area contributed by atoms with Gasteiger partial charge in [-0.3, -0.25) is 9.69 Å². The van der Waals surface area contributed by atoms with Gasteiger partial charge in [-0.1, -0.05) is 13.8 Å². The minimum Gasteiger partial charge on any atom is -0.381 e. The number of ether oxygens (including phenoxy) is 2. The summed E-state index contributed by atoms with van der Waals surface area (Å²) in [5.74, 6) is -1.09. The lowest BCUT2D eigenvalue weighted by molar-refractivity contribution is 0.00165. The Balaban J connectivity index is 1.75. The van der Waals surface area contributed by atoms with Crippen LogP contribution in [0, 0.1) is 11.7 Å². The van der Waals surface area contributed by atoms with Gasteiger partial charge in [0.15, 0.2) is 0 Å². The number of hydrogen-bond acceptors (Lipinski definition) is 6. The third-order valence-corrected chi connectivity index (χ3v) is 8.07. The summed E-state index contributed by atoms with van der Waals surface area (Å²) in [6, 6.07) is 3.42. The van der Waals surface area contributed by atoms with Crippen LogP contribution < -0.4 is 5.32 Å². The van der Waals surface area contributed by atoms with Gasteiger partial charge < -0.3 is 14.8 Å². The van der Waals surface area contributed by atoms with E-state index in [4.69, 9.17) is 9.47 Å². The fraction of sp³-hybridized carbons (Fsp3) is 0.667. The molecule has 31 heavy (non-hydrogen) atoms. The molecule has 0 spiro atoms. The number of hydrogen-bond donors (Lipinski definition) is 1. The SMILES string of the molecule is CCN(CC)S(=O)(=O)c1ccc(F)c(C(=O)NCC(C2CCOC2)N2CCOCC2)c1. The average Bonchev–Trinajstić information content (AvgIpc) is 3.30. The molecule has 1 aromatic carbocycles. The number of carbonyl (C=O) groups excluding carboxylic acids is 1. The van der Waals surface area contributed by atoms with Crippen LogP contribution in [0.15, 0.2) is 23.1 Å². The quantitative estimate of drug-likeness (QED) is 0.602. The van der Waals surface area contributed by atoms with Crippen molar-refractivity contribution in [3.05, 3.63) is 29.6 Å². The molecule has 1 amide bonds. The summed E-state index contributed by atoms with van der Waals surface area (Å²) in [7, 11) is -3.79. The van der Waals surface area contributed by atoms with E-state index in [0.717, 1.165) is 31.6 Å². The van der Waals surface area contributed by atoms with Crippen LogP contribution in [0.2, 0.25) is 0 Å². The first-order valence-electron chi connectivity index (χ1n) is 10.9. The maximum atomic E-state index is 14.4. The number of rotatable bonds is 9. The first kappa shape index (κ1) is 24.1. The Morgan fingerprint density at radius 2 is 1.94 bits per heavy atom.